The minimum Gasteiger partial charge on any atom is -0.347 e. The highest BCUT2D eigenvalue weighted by molar-refractivity contribution is 7.15. The summed E-state index contributed by atoms with van der Waals surface area (Å²) in [6.45, 7) is 6.38. The Morgan fingerprint density at radius 2 is 2.24 bits per heavy atom. The largest absolute Gasteiger partial charge is 0.347 e. The Morgan fingerprint density at radius 1 is 1.43 bits per heavy atom. The number of hydrogen-bond acceptors (Lipinski definition) is 5. The van der Waals surface area contributed by atoms with Crippen molar-refractivity contribution in [3.05, 3.63) is 33.0 Å². The quantitative estimate of drug-likeness (QED) is 0.828. The Balaban J connectivity index is 1.72. The standard InChI is InChI=1S/C16H23N3S2/c1-11(2)15-14(8-17-13-4-5-13)21-16(18-15)19(3)9-12-6-7-20-10-12/h6-7,10-11,13,17H,4-5,8-9H2,1-3H3. The van der Waals surface area contributed by atoms with Crippen molar-refractivity contribution < 1.29 is 0 Å². The molecule has 0 atom stereocenters. The molecule has 0 spiro atoms. The van der Waals surface area contributed by atoms with E-state index in [1.165, 1.54) is 29.0 Å². The third-order valence-electron chi connectivity index (χ3n) is 3.72. The summed E-state index contributed by atoms with van der Waals surface area (Å²) in [6.07, 6.45) is 2.67. The summed E-state index contributed by atoms with van der Waals surface area (Å²) in [5.74, 6) is 0.487. The highest BCUT2D eigenvalue weighted by Gasteiger charge is 2.22. The summed E-state index contributed by atoms with van der Waals surface area (Å²) in [6, 6.07) is 2.94. The van der Waals surface area contributed by atoms with Crippen LogP contribution >= 0.6 is 22.7 Å². The van der Waals surface area contributed by atoms with Gasteiger partial charge in [0.2, 0.25) is 0 Å². The number of thiazole rings is 1. The van der Waals surface area contributed by atoms with Gasteiger partial charge in [-0.3, -0.25) is 0 Å². The zero-order chi connectivity index (χ0) is 14.8. The second-order valence-corrected chi connectivity index (χ2v) is 7.94. The smallest absolute Gasteiger partial charge is 0.185 e. The van der Waals surface area contributed by atoms with Gasteiger partial charge in [-0.2, -0.15) is 11.3 Å². The van der Waals surface area contributed by atoms with Crippen molar-refractivity contribution in [3.8, 4) is 0 Å². The number of nitrogens with zero attached hydrogens (tertiary/aromatic N) is 2. The Bertz CT molecular complexity index is 570. The molecule has 1 saturated carbocycles. The maximum Gasteiger partial charge on any atom is 0.185 e. The predicted molar refractivity (Wildman–Crippen MR) is 92.5 cm³/mol. The monoisotopic (exact) mass is 321 g/mol. The number of anilines is 1. The van der Waals surface area contributed by atoms with Crippen LogP contribution in [0.5, 0.6) is 0 Å². The molecule has 2 aromatic rings. The molecule has 0 aromatic carbocycles. The van der Waals surface area contributed by atoms with Crippen molar-refractivity contribution in [2.45, 2.75) is 51.7 Å². The molecule has 5 heteroatoms. The molecule has 2 heterocycles. The molecule has 0 amide bonds. The molecule has 3 rings (SSSR count). The van der Waals surface area contributed by atoms with E-state index in [0.717, 1.165) is 24.3 Å². The van der Waals surface area contributed by atoms with Gasteiger partial charge in [-0.25, -0.2) is 4.98 Å². The van der Waals surface area contributed by atoms with Crippen LogP contribution in [0.25, 0.3) is 0 Å². The molecule has 1 fully saturated rings. The minimum atomic E-state index is 0.487. The minimum absolute atomic E-state index is 0.487. The van der Waals surface area contributed by atoms with E-state index in [-0.39, 0.29) is 0 Å². The van der Waals surface area contributed by atoms with Gasteiger partial charge in [0.05, 0.1) is 5.69 Å². The van der Waals surface area contributed by atoms with E-state index < -0.39 is 0 Å². The fourth-order valence-corrected chi connectivity index (χ4v) is 4.13. The Labute approximate surface area is 135 Å². The molecular formula is C16H23N3S2. The van der Waals surface area contributed by atoms with Crippen LogP contribution in [0.1, 0.15) is 48.7 Å². The van der Waals surface area contributed by atoms with Gasteiger partial charge in [0.1, 0.15) is 0 Å². The zero-order valence-corrected chi connectivity index (χ0v) is 14.6. The lowest BCUT2D eigenvalue weighted by atomic mass is 10.1. The highest BCUT2D eigenvalue weighted by Crippen LogP contribution is 2.32. The number of hydrogen-bond donors (Lipinski definition) is 1. The predicted octanol–water partition coefficient (Wildman–Crippen LogP) is 4.22. The van der Waals surface area contributed by atoms with E-state index >= 15 is 0 Å². The van der Waals surface area contributed by atoms with Crippen LogP contribution in [-0.4, -0.2) is 18.1 Å². The summed E-state index contributed by atoms with van der Waals surface area (Å²) in [5, 5.41) is 9.10. The Hall–Kier alpha value is -0.910. The molecule has 3 nitrogen and oxygen atoms in total. The number of thiophene rings is 1. The summed E-state index contributed by atoms with van der Waals surface area (Å²) in [5.41, 5.74) is 2.63. The van der Waals surface area contributed by atoms with Crippen LogP contribution in [0.15, 0.2) is 16.8 Å². The molecule has 0 aliphatic heterocycles. The van der Waals surface area contributed by atoms with E-state index in [9.17, 15) is 0 Å². The van der Waals surface area contributed by atoms with E-state index in [4.69, 9.17) is 4.98 Å². The molecule has 21 heavy (non-hydrogen) atoms. The second-order valence-electron chi connectivity index (χ2n) is 6.10. The molecule has 0 unspecified atom stereocenters. The van der Waals surface area contributed by atoms with Crippen LogP contribution in [0.3, 0.4) is 0 Å². The first-order chi connectivity index (χ1) is 10.1. The SMILES string of the molecule is CC(C)c1nc(N(C)Cc2ccsc2)sc1CNC1CC1. The lowest BCUT2D eigenvalue weighted by Crippen LogP contribution is -2.15. The summed E-state index contributed by atoms with van der Waals surface area (Å²) in [7, 11) is 2.14. The molecule has 0 saturated heterocycles. The Kier molecular flexibility index (Phi) is 4.62. The molecule has 0 bridgehead atoms. The fraction of sp³-hybridized carbons (Fsp3) is 0.562. The molecule has 1 aliphatic carbocycles. The van der Waals surface area contributed by atoms with Crippen molar-refractivity contribution in [1.29, 1.82) is 0 Å². The first-order valence-corrected chi connectivity index (χ1v) is 9.34. The fourth-order valence-electron chi connectivity index (χ4n) is 2.34. The molecule has 2 aromatic heterocycles. The van der Waals surface area contributed by atoms with Gasteiger partial charge in [-0.15, -0.1) is 11.3 Å². The molecule has 1 N–H and O–H groups in total. The maximum absolute atomic E-state index is 4.90. The lowest BCUT2D eigenvalue weighted by Gasteiger charge is -2.14. The van der Waals surface area contributed by atoms with Crippen molar-refractivity contribution in [3.63, 3.8) is 0 Å². The maximum atomic E-state index is 4.90. The van der Waals surface area contributed by atoms with E-state index in [1.54, 1.807) is 11.3 Å². The third kappa shape index (κ3) is 3.84. The van der Waals surface area contributed by atoms with Crippen LogP contribution in [0, 0.1) is 0 Å². The van der Waals surface area contributed by atoms with Gasteiger partial charge >= 0.3 is 0 Å². The number of nitrogens with one attached hydrogen (secondary N) is 1. The van der Waals surface area contributed by atoms with E-state index in [1.807, 2.05) is 11.3 Å². The van der Waals surface area contributed by atoms with Gasteiger partial charge < -0.3 is 10.2 Å². The van der Waals surface area contributed by atoms with Gasteiger partial charge in [0, 0.05) is 31.1 Å². The van der Waals surface area contributed by atoms with Gasteiger partial charge in [0.15, 0.2) is 5.13 Å². The summed E-state index contributed by atoms with van der Waals surface area (Å²) >= 11 is 3.60. The van der Waals surface area contributed by atoms with Gasteiger partial charge in [-0.05, 0) is 41.1 Å². The lowest BCUT2D eigenvalue weighted by molar-refractivity contribution is 0.680. The van der Waals surface area contributed by atoms with Crippen LogP contribution in [0.4, 0.5) is 5.13 Å². The molecule has 1 aliphatic rings. The van der Waals surface area contributed by atoms with E-state index in [0.29, 0.717) is 5.92 Å². The van der Waals surface area contributed by atoms with E-state index in [2.05, 4.69) is 47.9 Å². The number of rotatable bonds is 7. The first kappa shape index (κ1) is 15.0. The van der Waals surface area contributed by atoms with Gasteiger partial charge in [-0.1, -0.05) is 13.8 Å². The zero-order valence-electron chi connectivity index (χ0n) is 12.9. The van der Waals surface area contributed by atoms with Crippen molar-refractivity contribution in [2.75, 3.05) is 11.9 Å². The summed E-state index contributed by atoms with van der Waals surface area (Å²) in [4.78, 5) is 8.57. The van der Waals surface area contributed by atoms with Crippen LogP contribution in [0.2, 0.25) is 0 Å². The molecule has 114 valence electrons. The van der Waals surface area contributed by atoms with Crippen LogP contribution in [-0.2, 0) is 13.1 Å². The second kappa shape index (κ2) is 6.46. The summed E-state index contributed by atoms with van der Waals surface area (Å²) < 4.78 is 0. The third-order valence-corrected chi connectivity index (χ3v) is 5.64. The molecular weight excluding hydrogens is 298 g/mol. The van der Waals surface area contributed by atoms with Crippen molar-refractivity contribution in [1.82, 2.24) is 10.3 Å². The normalized spacial score (nSPS) is 14.9. The number of aromatic nitrogens is 1. The molecule has 0 radical (unpaired) electrons. The average Bonchev–Trinajstić information content (AvgIpc) is 2.97. The topological polar surface area (TPSA) is 28.2 Å². The highest BCUT2D eigenvalue weighted by atomic mass is 32.1. The average molecular weight is 322 g/mol. The van der Waals surface area contributed by atoms with Crippen LogP contribution < -0.4 is 10.2 Å². The van der Waals surface area contributed by atoms with Crippen molar-refractivity contribution >= 4 is 27.8 Å². The van der Waals surface area contributed by atoms with Gasteiger partial charge in [0.25, 0.3) is 0 Å². The Morgan fingerprint density at radius 3 is 2.86 bits per heavy atom. The first-order valence-electron chi connectivity index (χ1n) is 7.58. The van der Waals surface area contributed by atoms with Crippen molar-refractivity contribution in [2.24, 2.45) is 0 Å².